The molecule has 0 atom stereocenters. The largest absolute Gasteiger partial charge is 0.481 e. The lowest BCUT2D eigenvalue weighted by Crippen LogP contribution is -2.01. The number of carbonyl (C=O) groups is 1. The molecular formula is C12H12N2O4. The van der Waals surface area contributed by atoms with Crippen molar-refractivity contribution in [2.45, 2.75) is 19.4 Å². The summed E-state index contributed by atoms with van der Waals surface area (Å²) in [7, 11) is 0. The van der Waals surface area contributed by atoms with Crippen LogP contribution in [0.4, 0.5) is 5.69 Å². The molecule has 6 heteroatoms. The number of hydrogen-bond donors (Lipinski definition) is 1. The molecule has 1 heterocycles. The van der Waals surface area contributed by atoms with Crippen LogP contribution in [0.1, 0.15) is 12.8 Å². The number of fused-ring (bicyclic) bond motifs is 1. The number of nitrogens with zero attached hydrogens (tertiary/aromatic N) is 2. The molecule has 0 saturated heterocycles. The van der Waals surface area contributed by atoms with E-state index in [1.54, 1.807) is 6.07 Å². The number of non-ortho nitro benzene ring substituents is 1. The van der Waals surface area contributed by atoms with Gasteiger partial charge in [-0.25, -0.2) is 0 Å². The first-order valence-corrected chi connectivity index (χ1v) is 5.53. The van der Waals surface area contributed by atoms with Gasteiger partial charge in [0.05, 0.1) is 10.4 Å². The Balaban J connectivity index is 2.25. The molecule has 2 aromatic rings. The van der Waals surface area contributed by atoms with Crippen LogP contribution in [-0.4, -0.2) is 20.6 Å². The third-order valence-electron chi connectivity index (χ3n) is 2.76. The van der Waals surface area contributed by atoms with Crippen molar-refractivity contribution in [1.29, 1.82) is 0 Å². The molecule has 0 radical (unpaired) electrons. The molecular weight excluding hydrogens is 236 g/mol. The van der Waals surface area contributed by atoms with Gasteiger partial charge >= 0.3 is 5.97 Å². The zero-order valence-electron chi connectivity index (χ0n) is 9.57. The molecule has 0 bridgehead atoms. The van der Waals surface area contributed by atoms with E-state index in [-0.39, 0.29) is 12.1 Å². The second-order valence-corrected chi connectivity index (χ2v) is 4.01. The molecule has 1 N–H and O–H groups in total. The van der Waals surface area contributed by atoms with Gasteiger partial charge in [0.2, 0.25) is 0 Å². The van der Waals surface area contributed by atoms with Crippen LogP contribution in [0.2, 0.25) is 0 Å². The van der Waals surface area contributed by atoms with Crippen LogP contribution in [-0.2, 0) is 11.3 Å². The second-order valence-electron chi connectivity index (χ2n) is 4.01. The van der Waals surface area contributed by atoms with Crippen molar-refractivity contribution >= 4 is 22.6 Å². The van der Waals surface area contributed by atoms with E-state index in [9.17, 15) is 14.9 Å². The van der Waals surface area contributed by atoms with Crippen LogP contribution in [0, 0.1) is 10.1 Å². The van der Waals surface area contributed by atoms with Crippen LogP contribution < -0.4 is 0 Å². The fraction of sp³-hybridized carbons (Fsp3) is 0.250. The average Bonchev–Trinajstić information content (AvgIpc) is 2.71. The number of aromatic nitrogens is 1. The lowest BCUT2D eigenvalue weighted by atomic mass is 10.2. The molecule has 0 aliphatic heterocycles. The number of carboxylic acid groups (broad SMARTS) is 1. The maximum atomic E-state index is 10.7. The van der Waals surface area contributed by atoms with Crippen LogP contribution in [0.3, 0.4) is 0 Å². The summed E-state index contributed by atoms with van der Waals surface area (Å²) in [6.07, 6.45) is 2.41. The fourth-order valence-corrected chi connectivity index (χ4v) is 1.88. The van der Waals surface area contributed by atoms with E-state index in [4.69, 9.17) is 5.11 Å². The fourth-order valence-electron chi connectivity index (χ4n) is 1.88. The summed E-state index contributed by atoms with van der Waals surface area (Å²) in [5.74, 6) is -0.836. The van der Waals surface area contributed by atoms with Gasteiger partial charge in [0.25, 0.3) is 5.69 Å². The Hall–Kier alpha value is -2.37. The van der Waals surface area contributed by atoms with Gasteiger partial charge in [-0.15, -0.1) is 0 Å². The van der Waals surface area contributed by atoms with Crippen molar-refractivity contribution < 1.29 is 14.8 Å². The Bertz CT molecular complexity index is 603. The lowest BCUT2D eigenvalue weighted by Gasteiger charge is -2.03. The highest BCUT2D eigenvalue weighted by Gasteiger charge is 2.09. The van der Waals surface area contributed by atoms with Crippen LogP contribution in [0.25, 0.3) is 10.9 Å². The van der Waals surface area contributed by atoms with Crippen molar-refractivity contribution in [1.82, 2.24) is 4.57 Å². The summed E-state index contributed by atoms with van der Waals surface area (Å²) in [4.78, 5) is 20.7. The minimum atomic E-state index is -0.836. The highest BCUT2D eigenvalue weighted by molar-refractivity contribution is 5.82. The summed E-state index contributed by atoms with van der Waals surface area (Å²) in [6.45, 7) is 0.539. The summed E-state index contributed by atoms with van der Waals surface area (Å²) in [5.41, 5.74) is 0.801. The van der Waals surface area contributed by atoms with E-state index < -0.39 is 10.9 Å². The molecule has 0 fully saturated rings. The first-order valence-electron chi connectivity index (χ1n) is 5.53. The van der Waals surface area contributed by atoms with Gasteiger partial charge in [-0.3, -0.25) is 14.9 Å². The lowest BCUT2D eigenvalue weighted by molar-refractivity contribution is -0.384. The monoisotopic (exact) mass is 248 g/mol. The molecule has 0 amide bonds. The van der Waals surface area contributed by atoms with Crippen molar-refractivity contribution in [3.63, 3.8) is 0 Å². The van der Waals surface area contributed by atoms with Gasteiger partial charge in [-0.1, -0.05) is 0 Å². The third-order valence-corrected chi connectivity index (χ3v) is 2.76. The molecule has 0 spiro atoms. The quantitative estimate of drug-likeness (QED) is 0.650. The zero-order valence-corrected chi connectivity index (χ0v) is 9.57. The smallest absolute Gasteiger partial charge is 0.303 e. The number of aliphatic carboxylic acids is 1. The maximum absolute atomic E-state index is 10.7. The van der Waals surface area contributed by atoms with Crippen molar-refractivity contribution in [3.8, 4) is 0 Å². The van der Waals surface area contributed by atoms with E-state index in [1.165, 1.54) is 12.1 Å². The molecule has 0 unspecified atom stereocenters. The van der Waals surface area contributed by atoms with Gasteiger partial charge in [0.15, 0.2) is 0 Å². The van der Waals surface area contributed by atoms with Crippen LogP contribution in [0.5, 0.6) is 0 Å². The highest BCUT2D eigenvalue weighted by Crippen LogP contribution is 2.22. The normalized spacial score (nSPS) is 10.7. The number of benzene rings is 1. The van der Waals surface area contributed by atoms with Crippen LogP contribution in [0.15, 0.2) is 30.5 Å². The predicted octanol–water partition coefficient (Wildman–Crippen LogP) is 2.41. The first kappa shape index (κ1) is 12.1. The van der Waals surface area contributed by atoms with Crippen molar-refractivity contribution in [3.05, 3.63) is 40.6 Å². The van der Waals surface area contributed by atoms with E-state index in [0.29, 0.717) is 13.0 Å². The maximum Gasteiger partial charge on any atom is 0.303 e. The SMILES string of the molecule is O=C(O)CCCn1ccc2ccc([N+](=O)[O-])cc21. The molecule has 0 aliphatic rings. The average molecular weight is 248 g/mol. The Morgan fingerprint density at radius 2 is 2.17 bits per heavy atom. The number of aryl methyl sites for hydroxylation is 1. The summed E-state index contributed by atoms with van der Waals surface area (Å²) in [5, 5.41) is 20.2. The van der Waals surface area contributed by atoms with Gasteiger partial charge in [-0.05, 0) is 18.6 Å². The summed E-state index contributed by atoms with van der Waals surface area (Å²) >= 11 is 0. The summed E-state index contributed by atoms with van der Waals surface area (Å²) in [6, 6.07) is 6.53. The highest BCUT2D eigenvalue weighted by atomic mass is 16.6. The first-order chi connectivity index (χ1) is 8.58. The molecule has 94 valence electrons. The molecule has 0 aliphatic carbocycles. The van der Waals surface area contributed by atoms with Crippen molar-refractivity contribution in [2.75, 3.05) is 0 Å². The predicted molar refractivity (Wildman–Crippen MR) is 65.5 cm³/mol. The van der Waals surface area contributed by atoms with Gasteiger partial charge < -0.3 is 9.67 Å². The van der Waals surface area contributed by atoms with E-state index in [0.717, 1.165) is 10.9 Å². The second kappa shape index (κ2) is 4.87. The minimum Gasteiger partial charge on any atom is -0.481 e. The van der Waals surface area contributed by atoms with E-state index in [2.05, 4.69) is 0 Å². The number of nitro benzene ring substituents is 1. The number of carboxylic acids is 1. The standard InChI is InChI=1S/C12H12N2O4/c15-12(16)2-1-6-13-7-5-9-3-4-10(14(17)18)8-11(9)13/h3-5,7-8H,1-2,6H2,(H,15,16). The number of hydrogen-bond acceptors (Lipinski definition) is 3. The Labute approximate surface area is 103 Å². The molecule has 1 aromatic carbocycles. The Morgan fingerprint density at radius 3 is 2.83 bits per heavy atom. The minimum absolute atomic E-state index is 0.0423. The molecule has 1 aromatic heterocycles. The Kier molecular flexibility index (Phi) is 3.27. The van der Waals surface area contributed by atoms with Gasteiger partial charge in [0.1, 0.15) is 0 Å². The van der Waals surface area contributed by atoms with E-state index in [1.807, 2.05) is 16.8 Å². The molecule has 0 saturated carbocycles. The summed E-state index contributed by atoms with van der Waals surface area (Å²) < 4.78 is 1.84. The molecule has 6 nitrogen and oxygen atoms in total. The molecule has 18 heavy (non-hydrogen) atoms. The van der Waals surface area contributed by atoms with Crippen molar-refractivity contribution in [2.24, 2.45) is 0 Å². The Morgan fingerprint density at radius 1 is 1.39 bits per heavy atom. The van der Waals surface area contributed by atoms with Crippen LogP contribution >= 0.6 is 0 Å². The molecule has 2 rings (SSSR count). The zero-order chi connectivity index (χ0) is 13.1. The topological polar surface area (TPSA) is 85.4 Å². The third kappa shape index (κ3) is 2.48. The van der Waals surface area contributed by atoms with Gasteiger partial charge in [0, 0.05) is 36.7 Å². The van der Waals surface area contributed by atoms with E-state index >= 15 is 0 Å². The van der Waals surface area contributed by atoms with Gasteiger partial charge in [-0.2, -0.15) is 0 Å². The number of rotatable bonds is 5. The number of nitro groups is 1.